The number of ether oxygens (including phenoxy) is 1. The normalized spacial score (nSPS) is 20.1. The van der Waals surface area contributed by atoms with Crippen molar-refractivity contribution in [2.75, 3.05) is 20.2 Å². The molecule has 0 spiro atoms. The van der Waals surface area contributed by atoms with Crippen molar-refractivity contribution in [2.45, 2.75) is 25.3 Å². The van der Waals surface area contributed by atoms with Gasteiger partial charge in [-0.3, -0.25) is 0 Å². The molecule has 1 aromatic rings. The van der Waals surface area contributed by atoms with Crippen molar-refractivity contribution < 1.29 is 4.74 Å². The molecule has 90 valence electrons. The minimum Gasteiger partial charge on any atom is -0.463 e. The molecule has 1 atom stereocenters. The van der Waals surface area contributed by atoms with E-state index >= 15 is 0 Å². The van der Waals surface area contributed by atoms with Crippen molar-refractivity contribution in [3.63, 3.8) is 0 Å². The van der Waals surface area contributed by atoms with Crippen LogP contribution >= 0.6 is 0 Å². The average molecular weight is 232 g/mol. The fourth-order valence-corrected chi connectivity index (χ4v) is 2.10. The molecule has 1 fully saturated rings. The van der Waals surface area contributed by atoms with Crippen molar-refractivity contribution in [3.05, 3.63) is 18.0 Å². The van der Waals surface area contributed by atoms with Crippen LogP contribution in [0, 0.1) is 11.3 Å². The molecule has 0 N–H and O–H groups in total. The lowest BCUT2D eigenvalue weighted by atomic mass is 10.2. The van der Waals surface area contributed by atoms with E-state index in [-0.39, 0.29) is 0 Å². The Kier molecular flexibility index (Phi) is 3.89. The van der Waals surface area contributed by atoms with Crippen LogP contribution in [-0.4, -0.2) is 41.1 Å². The summed E-state index contributed by atoms with van der Waals surface area (Å²) in [6, 6.07) is 4.44. The molecule has 0 radical (unpaired) electrons. The van der Waals surface area contributed by atoms with Gasteiger partial charge in [0.15, 0.2) is 0 Å². The van der Waals surface area contributed by atoms with Crippen LogP contribution in [0.3, 0.4) is 0 Å². The van der Waals surface area contributed by atoms with Gasteiger partial charge in [-0.15, -0.1) is 0 Å². The van der Waals surface area contributed by atoms with Gasteiger partial charge < -0.3 is 9.64 Å². The number of aromatic nitrogens is 2. The first-order chi connectivity index (χ1) is 8.29. The van der Waals surface area contributed by atoms with E-state index in [1.807, 2.05) is 6.07 Å². The smallest absolute Gasteiger partial charge is 0.317 e. The maximum absolute atomic E-state index is 8.69. The molecule has 17 heavy (non-hydrogen) atoms. The molecular weight excluding hydrogens is 216 g/mol. The van der Waals surface area contributed by atoms with E-state index in [1.165, 1.54) is 19.4 Å². The van der Waals surface area contributed by atoms with Gasteiger partial charge in [0.25, 0.3) is 0 Å². The third kappa shape index (κ3) is 3.14. The standard InChI is InChI=1S/C12H16N4O/c1-16-7-2-3-11(16)5-8-17-12-14-6-4-10(9-13)15-12/h4,6,11H,2-3,5,7-8H2,1H3. The van der Waals surface area contributed by atoms with Gasteiger partial charge in [-0.1, -0.05) is 0 Å². The summed E-state index contributed by atoms with van der Waals surface area (Å²) in [4.78, 5) is 10.3. The van der Waals surface area contributed by atoms with Crippen LogP contribution in [0.25, 0.3) is 0 Å². The maximum Gasteiger partial charge on any atom is 0.317 e. The molecule has 0 amide bonds. The van der Waals surface area contributed by atoms with Crippen LogP contribution in [0.4, 0.5) is 0 Å². The lowest BCUT2D eigenvalue weighted by molar-refractivity contribution is 0.223. The Morgan fingerprint density at radius 3 is 3.24 bits per heavy atom. The Balaban J connectivity index is 1.80. The van der Waals surface area contributed by atoms with Gasteiger partial charge in [0.2, 0.25) is 0 Å². The molecular formula is C12H16N4O. The molecule has 0 bridgehead atoms. The van der Waals surface area contributed by atoms with E-state index in [0.717, 1.165) is 6.42 Å². The van der Waals surface area contributed by atoms with Crippen molar-refractivity contribution in [1.29, 1.82) is 5.26 Å². The van der Waals surface area contributed by atoms with Crippen LogP contribution in [0.1, 0.15) is 25.0 Å². The fourth-order valence-electron chi connectivity index (χ4n) is 2.10. The first-order valence-electron chi connectivity index (χ1n) is 5.86. The van der Waals surface area contributed by atoms with Crippen molar-refractivity contribution in [2.24, 2.45) is 0 Å². The average Bonchev–Trinajstić information content (AvgIpc) is 2.76. The zero-order chi connectivity index (χ0) is 12.1. The Bertz CT molecular complexity index is 415. The highest BCUT2D eigenvalue weighted by Gasteiger charge is 2.20. The summed E-state index contributed by atoms with van der Waals surface area (Å²) in [5, 5.41) is 8.69. The number of hydrogen-bond donors (Lipinski definition) is 0. The summed E-state index contributed by atoms with van der Waals surface area (Å²) in [6.07, 6.45) is 5.03. The molecule has 0 saturated carbocycles. The highest BCUT2D eigenvalue weighted by atomic mass is 16.5. The topological polar surface area (TPSA) is 62.0 Å². The van der Waals surface area contributed by atoms with Crippen LogP contribution in [0.15, 0.2) is 12.3 Å². The molecule has 0 aromatic carbocycles. The summed E-state index contributed by atoms with van der Waals surface area (Å²) in [6.45, 7) is 1.77. The molecule has 1 aliphatic rings. The van der Waals surface area contributed by atoms with Crippen LogP contribution in [-0.2, 0) is 0 Å². The van der Waals surface area contributed by atoms with Gasteiger partial charge in [-0.2, -0.15) is 10.2 Å². The molecule has 1 saturated heterocycles. The summed E-state index contributed by atoms with van der Waals surface area (Å²) in [5.41, 5.74) is 0.341. The minimum atomic E-state index is 0.296. The molecule has 5 nitrogen and oxygen atoms in total. The predicted octanol–water partition coefficient (Wildman–Crippen LogP) is 1.21. The largest absolute Gasteiger partial charge is 0.463 e. The Morgan fingerprint density at radius 1 is 1.65 bits per heavy atom. The number of likely N-dealkylation sites (tertiary alicyclic amines) is 1. The van der Waals surface area contributed by atoms with E-state index in [0.29, 0.717) is 24.4 Å². The highest BCUT2D eigenvalue weighted by molar-refractivity contribution is 5.19. The number of nitrogens with zero attached hydrogens (tertiary/aromatic N) is 4. The highest BCUT2D eigenvalue weighted by Crippen LogP contribution is 2.17. The summed E-state index contributed by atoms with van der Waals surface area (Å²) in [5.74, 6) is 0. The van der Waals surface area contributed by atoms with Gasteiger partial charge in [0.05, 0.1) is 6.61 Å². The monoisotopic (exact) mass is 232 g/mol. The maximum atomic E-state index is 8.69. The molecule has 1 unspecified atom stereocenters. The number of hydrogen-bond acceptors (Lipinski definition) is 5. The minimum absolute atomic E-state index is 0.296. The zero-order valence-corrected chi connectivity index (χ0v) is 9.96. The van der Waals surface area contributed by atoms with E-state index < -0.39 is 0 Å². The summed E-state index contributed by atoms with van der Waals surface area (Å²) >= 11 is 0. The van der Waals surface area contributed by atoms with Gasteiger partial charge >= 0.3 is 6.01 Å². The SMILES string of the molecule is CN1CCCC1CCOc1nccc(C#N)n1. The second kappa shape index (κ2) is 5.60. The van der Waals surface area contributed by atoms with E-state index in [9.17, 15) is 0 Å². The number of nitriles is 1. The van der Waals surface area contributed by atoms with Crippen LogP contribution in [0.2, 0.25) is 0 Å². The first kappa shape index (κ1) is 11.8. The van der Waals surface area contributed by atoms with Crippen molar-refractivity contribution >= 4 is 0 Å². The zero-order valence-electron chi connectivity index (χ0n) is 9.96. The molecule has 1 aromatic heterocycles. The number of rotatable bonds is 4. The third-order valence-corrected chi connectivity index (χ3v) is 3.10. The lowest BCUT2D eigenvalue weighted by Crippen LogP contribution is -2.26. The Morgan fingerprint density at radius 2 is 2.53 bits per heavy atom. The Hall–Kier alpha value is -1.67. The molecule has 2 heterocycles. The molecule has 2 rings (SSSR count). The van der Waals surface area contributed by atoms with E-state index in [1.54, 1.807) is 12.3 Å². The fraction of sp³-hybridized carbons (Fsp3) is 0.583. The summed E-state index contributed by atoms with van der Waals surface area (Å²) in [7, 11) is 2.14. The summed E-state index contributed by atoms with van der Waals surface area (Å²) < 4.78 is 5.46. The Labute approximate surface area is 101 Å². The molecule has 1 aliphatic heterocycles. The first-order valence-corrected chi connectivity index (χ1v) is 5.86. The van der Waals surface area contributed by atoms with Crippen molar-refractivity contribution in [3.8, 4) is 12.1 Å². The predicted molar refractivity (Wildman–Crippen MR) is 62.5 cm³/mol. The lowest BCUT2D eigenvalue weighted by Gasteiger charge is -2.18. The van der Waals surface area contributed by atoms with Gasteiger partial charge in [-0.05, 0) is 38.9 Å². The molecule has 0 aliphatic carbocycles. The van der Waals surface area contributed by atoms with E-state index in [2.05, 4.69) is 21.9 Å². The van der Waals surface area contributed by atoms with Crippen LogP contribution < -0.4 is 4.74 Å². The quantitative estimate of drug-likeness (QED) is 0.780. The third-order valence-electron chi connectivity index (χ3n) is 3.10. The van der Waals surface area contributed by atoms with Crippen LogP contribution in [0.5, 0.6) is 6.01 Å². The van der Waals surface area contributed by atoms with Gasteiger partial charge in [-0.25, -0.2) is 4.98 Å². The van der Waals surface area contributed by atoms with Gasteiger partial charge in [0.1, 0.15) is 11.8 Å². The second-order valence-corrected chi connectivity index (χ2v) is 4.25. The van der Waals surface area contributed by atoms with Crippen molar-refractivity contribution in [1.82, 2.24) is 14.9 Å². The van der Waals surface area contributed by atoms with E-state index in [4.69, 9.17) is 10.00 Å². The molecule has 5 heteroatoms. The second-order valence-electron chi connectivity index (χ2n) is 4.25. The van der Waals surface area contributed by atoms with Gasteiger partial charge in [0, 0.05) is 12.2 Å².